The van der Waals surface area contributed by atoms with E-state index in [1.54, 1.807) is 0 Å². The fourth-order valence-corrected chi connectivity index (χ4v) is 9.59. The molecule has 11 rings (SSSR count). The fraction of sp³-hybridized carbons (Fsp3) is 0. The van der Waals surface area contributed by atoms with Crippen molar-refractivity contribution in [1.82, 2.24) is 0 Å². The normalized spacial score (nSPS) is 11.6. The number of rotatable bonds is 6. The standard InChI is InChI=1S/C52H33NOS/c1-3-15-34(16-4-1)37-31-32-47(40-20-8-7-19-39(37)40)53(48-26-14-25-45-42-22-10-12-28-50(42)55-52(45)48)36-29-30-38(35-17-5-2-6-18-35)46(33-36)44-24-13-23-43-41-21-9-11-27-49(41)54-51(43)44/h1-33H. The molecule has 3 heteroatoms. The Morgan fingerprint density at radius 1 is 0.364 bits per heavy atom. The molecule has 0 amide bonds. The molecule has 55 heavy (non-hydrogen) atoms. The maximum atomic E-state index is 6.69. The minimum absolute atomic E-state index is 0.894. The lowest BCUT2D eigenvalue weighted by Gasteiger charge is -2.29. The molecule has 0 aliphatic rings. The number of benzene rings is 9. The van der Waals surface area contributed by atoms with Crippen molar-refractivity contribution in [2.45, 2.75) is 0 Å². The zero-order valence-electron chi connectivity index (χ0n) is 29.8. The number of hydrogen-bond donors (Lipinski definition) is 0. The summed E-state index contributed by atoms with van der Waals surface area (Å²) < 4.78 is 9.23. The molecule has 0 fully saturated rings. The van der Waals surface area contributed by atoms with Crippen LogP contribution in [0.5, 0.6) is 0 Å². The third kappa shape index (κ3) is 5.16. The molecular weight excluding hydrogens is 687 g/mol. The van der Waals surface area contributed by atoms with Gasteiger partial charge < -0.3 is 9.32 Å². The summed E-state index contributed by atoms with van der Waals surface area (Å²) in [4.78, 5) is 2.48. The highest BCUT2D eigenvalue weighted by Gasteiger charge is 2.23. The fourth-order valence-electron chi connectivity index (χ4n) is 8.39. The second-order valence-electron chi connectivity index (χ2n) is 14.0. The lowest BCUT2D eigenvalue weighted by Crippen LogP contribution is -2.11. The van der Waals surface area contributed by atoms with Crippen molar-refractivity contribution >= 4 is 81.3 Å². The summed E-state index contributed by atoms with van der Waals surface area (Å²) in [6.45, 7) is 0. The first-order valence-corrected chi connectivity index (χ1v) is 19.5. The molecule has 9 aromatic carbocycles. The van der Waals surface area contributed by atoms with Crippen LogP contribution in [0.4, 0.5) is 17.1 Å². The van der Waals surface area contributed by atoms with E-state index in [4.69, 9.17) is 4.42 Å². The van der Waals surface area contributed by atoms with Crippen LogP contribution >= 0.6 is 11.3 Å². The minimum atomic E-state index is 0.894. The van der Waals surface area contributed by atoms with Crippen molar-refractivity contribution in [3.8, 4) is 33.4 Å². The van der Waals surface area contributed by atoms with Crippen LogP contribution in [-0.2, 0) is 0 Å². The number of hydrogen-bond acceptors (Lipinski definition) is 3. The van der Waals surface area contributed by atoms with Gasteiger partial charge in [0.1, 0.15) is 11.2 Å². The monoisotopic (exact) mass is 719 g/mol. The van der Waals surface area contributed by atoms with Gasteiger partial charge in [-0.15, -0.1) is 11.3 Å². The van der Waals surface area contributed by atoms with Crippen LogP contribution in [0.25, 0.3) is 86.3 Å². The summed E-state index contributed by atoms with van der Waals surface area (Å²) >= 11 is 1.86. The van der Waals surface area contributed by atoms with E-state index in [1.807, 2.05) is 17.4 Å². The zero-order valence-corrected chi connectivity index (χ0v) is 30.6. The number of thiophene rings is 1. The molecule has 0 unspecified atom stereocenters. The van der Waals surface area contributed by atoms with E-state index in [2.05, 4.69) is 199 Å². The number of para-hydroxylation sites is 2. The quantitative estimate of drug-likeness (QED) is 0.170. The smallest absolute Gasteiger partial charge is 0.143 e. The van der Waals surface area contributed by atoms with Crippen LogP contribution in [0, 0.1) is 0 Å². The Bertz CT molecular complexity index is 3210. The van der Waals surface area contributed by atoms with Gasteiger partial charge in [-0.25, -0.2) is 0 Å². The Kier molecular flexibility index (Phi) is 7.39. The lowest BCUT2D eigenvalue weighted by molar-refractivity contribution is 0.670. The van der Waals surface area contributed by atoms with Gasteiger partial charge in [0.05, 0.1) is 16.1 Å². The van der Waals surface area contributed by atoms with E-state index in [0.29, 0.717) is 0 Å². The topological polar surface area (TPSA) is 16.4 Å². The van der Waals surface area contributed by atoms with Crippen molar-refractivity contribution < 1.29 is 4.42 Å². The molecule has 0 spiro atoms. The Labute approximate surface area is 322 Å². The van der Waals surface area contributed by atoms with Gasteiger partial charge in [0, 0.05) is 42.9 Å². The van der Waals surface area contributed by atoms with Crippen LogP contribution in [0.1, 0.15) is 0 Å². The van der Waals surface area contributed by atoms with E-state index < -0.39 is 0 Å². The second-order valence-corrected chi connectivity index (χ2v) is 15.1. The molecule has 0 saturated carbocycles. The van der Waals surface area contributed by atoms with E-state index in [1.165, 1.54) is 42.1 Å². The van der Waals surface area contributed by atoms with Crippen molar-refractivity contribution in [3.63, 3.8) is 0 Å². The molecule has 258 valence electrons. The third-order valence-corrected chi connectivity index (χ3v) is 12.1. The highest BCUT2D eigenvalue weighted by Crippen LogP contribution is 2.49. The summed E-state index contributed by atoms with van der Waals surface area (Å²) in [6, 6.07) is 72.2. The van der Waals surface area contributed by atoms with E-state index in [9.17, 15) is 0 Å². The van der Waals surface area contributed by atoms with Crippen molar-refractivity contribution in [2.24, 2.45) is 0 Å². The van der Waals surface area contributed by atoms with Crippen LogP contribution in [-0.4, -0.2) is 0 Å². The molecule has 2 heterocycles. The highest BCUT2D eigenvalue weighted by atomic mass is 32.1. The van der Waals surface area contributed by atoms with Crippen LogP contribution in [0.2, 0.25) is 0 Å². The summed E-state index contributed by atoms with van der Waals surface area (Å²) in [5.41, 5.74) is 12.1. The Morgan fingerprint density at radius 2 is 0.982 bits per heavy atom. The van der Waals surface area contributed by atoms with Gasteiger partial charge in [-0.05, 0) is 69.6 Å². The van der Waals surface area contributed by atoms with Gasteiger partial charge >= 0.3 is 0 Å². The first-order valence-electron chi connectivity index (χ1n) is 18.7. The maximum Gasteiger partial charge on any atom is 0.143 e. The summed E-state index contributed by atoms with van der Waals surface area (Å²) in [7, 11) is 0. The average molecular weight is 720 g/mol. The van der Waals surface area contributed by atoms with Crippen LogP contribution < -0.4 is 4.90 Å². The average Bonchev–Trinajstić information content (AvgIpc) is 3.84. The number of nitrogens with zero attached hydrogens (tertiary/aromatic N) is 1. The van der Waals surface area contributed by atoms with Gasteiger partial charge in [-0.1, -0.05) is 164 Å². The molecule has 2 aromatic heterocycles. The summed E-state index contributed by atoms with van der Waals surface area (Å²) in [6.07, 6.45) is 0. The van der Waals surface area contributed by atoms with E-state index in [-0.39, 0.29) is 0 Å². The van der Waals surface area contributed by atoms with Crippen molar-refractivity contribution in [1.29, 1.82) is 0 Å². The summed E-state index contributed by atoms with van der Waals surface area (Å²) in [5.74, 6) is 0. The van der Waals surface area contributed by atoms with Gasteiger partial charge in [-0.3, -0.25) is 0 Å². The molecular formula is C52H33NOS. The number of anilines is 3. The van der Waals surface area contributed by atoms with Gasteiger partial charge in [0.15, 0.2) is 0 Å². The minimum Gasteiger partial charge on any atom is -0.455 e. The lowest BCUT2D eigenvalue weighted by atomic mass is 9.92. The van der Waals surface area contributed by atoms with Crippen molar-refractivity contribution in [2.75, 3.05) is 4.90 Å². The largest absolute Gasteiger partial charge is 0.455 e. The molecule has 0 aliphatic carbocycles. The molecule has 2 nitrogen and oxygen atoms in total. The molecule has 11 aromatic rings. The molecule has 0 aliphatic heterocycles. The van der Waals surface area contributed by atoms with E-state index in [0.717, 1.165) is 61.3 Å². The van der Waals surface area contributed by atoms with E-state index >= 15 is 0 Å². The molecule has 0 saturated heterocycles. The highest BCUT2D eigenvalue weighted by molar-refractivity contribution is 7.26. The predicted molar refractivity (Wildman–Crippen MR) is 235 cm³/mol. The third-order valence-electron chi connectivity index (χ3n) is 10.9. The van der Waals surface area contributed by atoms with Crippen LogP contribution in [0.3, 0.4) is 0 Å². The second kappa shape index (κ2) is 12.9. The predicted octanol–water partition coefficient (Wildman–Crippen LogP) is 15.6. The molecule has 0 bridgehead atoms. The molecule has 0 N–H and O–H groups in total. The number of furan rings is 1. The van der Waals surface area contributed by atoms with Gasteiger partial charge in [0.25, 0.3) is 0 Å². The van der Waals surface area contributed by atoms with Gasteiger partial charge in [0.2, 0.25) is 0 Å². The SMILES string of the molecule is c1ccc(-c2ccc(N(c3ccc(-c4ccccc4)c4ccccc34)c3cccc4c3sc3ccccc34)cc2-c2cccc3c2oc2ccccc23)cc1. The zero-order chi connectivity index (χ0) is 36.3. The summed E-state index contributed by atoms with van der Waals surface area (Å²) in [5, 5.41) is 7.20. The first-order chi connectivity index (χ1) is 27.3. The molecule has 0 radical (unpaired) electrons. The number of fused-ring (bicyclic) bond motifs is 7. The first kappa shape index (κ1) is 31.6. The maximum absolute atomic E-state index is 6.69. The Morgan fingerprint density at radius 3 is 1.80 bits per heavy atom. The van der Waals surface area contributed by atoms with Crippen molar-refractivity contribution in [3.05, 3.63) is 200 Å². The molecule has 0 atom stereocenters. The van der Waals surface area contributed by atoms with Gasteiger partial charge in [-0.2, -0.15) is 0 Å². The Balaban J connectivity index is 1.22. The van der Waals surface area contributed by atoms with Crippen LogP contribution in [0.15, 0.2) is 205 Å². The Hall–Kier alpha value is -6.94.